The minimum Gasteiger partial charge on any atom is -0.350 e. The Bertz CT molecular complexity index is 185. The molecule has 0 aromatic carbocycles. The molecule has 0 fully saturated rings. The van der Waals surface area contributed by atoms with Gasteiger partial charge in [0.25, 0.3) is 0 Å². The van der Waals surface area contributed by atoms with E-state index in [-0.39, 0.29) is 11.4 Å². The summed E-state index contributed by atoms with van der Waals surface area (Å²) in [4.78, 5) is 13.5. The van der Waals surface area contributed by atoms with Crippen LogP contribution in [0.3, 0.4) is 0 Å². The summed E-state index contributed by atoms with van der Waals surface area (Å²) in [6.07, 6.45) is 1.07. The van der Waals surface area contributed by atoms with Gasteiger partial charge in [-0.1, -0.05) is 0 Å². The number of hydrogen-bond acceptors (Lipinski definition) is 3. The molecule has 2 N–H and O–H groups in total. The van der Waals surface area contributed by atoms with Gasteiger partial charge in [0.05, 0.1) is 6.54 Å². The molecule has 4 heteroatoms. The van der Waals surface area contributed by atoms with Crippen LogP contribution in [0.25, 0.3) is 0 Å². The third kappa shape index (κ3) is 11.3. The van der Waals surface area contributed by atoms with Gasteiger partial charge >= 0.3 is 0 Å². The molecular weight excluding hydrogens is 190 g/mol. The van der Waals surface area contributed by atoms with E-state index in [0.717, 1.165) is 19.5 Å². The second-order valence-corrected chi connectivity index (χ2v) is 5.13. The summed E-state index contributed by atoms with van der Waals surface area (Å²) in [6.45, 7) is 8.29. The first-order chi connectivity index (χ1) is 6.81. The zero-order chi connectivity index (χ0) is 11.9. The van der Waals surface area contributed by atoms with Crippen LogP contribution in [-0.2, 0) is 4.79 Å². The van der Waals surface area contributed by atoms with Crippen molar-refractivity contribution in [2.45, 2.75) is 32.7 Å². The Morgan fingerprint density at radius 2 is 1.87 bits per heavy atom. The van der Waals surface area contributed by atoms with E-state index >= 15 is 0 Å². The standard InChI is InChI=1S/C11H25N3O/c1-11(2,3)13-10(15)9-12-7-6-8-14(4)5/h12H,6-9H2,1-5H3,(H,13,15). The maximum absolute atomic E-state index is 11.4. The van der Waals surface area contributed by atoms with E-state index in [0.29, 0.717) is 6.54 Å². The number of nitrogens with one attached hydrogen (secondary N) is 2. The van der Waals surface area contributed by atoms with Gasteiger partial charge in [0.1, 0.15) is 0 Å². The maximum Gasteiger partial charge on any atom is 0.234 e. The zero-order valence-electron chi connectivity index (χ0n) is 10.7. The lowest BCUT2D eigenvalue weighted by molar-refractivity contribution is -0.121. The van der Waals surface area contributed by atoms with E-state index in [1.54, 1.807) is 0 Å². The first-order valence-electron chi connectivity index (χ1n) is 5.48. The van der Waals surface area contributed by atoms with Crippen LogP contribution < -0.4 is 10.6 Å². The minimum atomic E-state index is -0.137. The second-order valence-electron chi connectivity index (χ2n) is 5.13. The molecule has 90 valence electrons. The van der Waals surface area contributed by atoms with Crippen LogP contribution in [0.15, 0.2) is 0 Å². The summed E-state index contributed by atoms with van der Waals surface area (Å²) < 4.78 is 0. The van der Waals surface area contributed by atoms with Crippen molar-refractivity contribution in [3.63, 3.8) is 0 Å². The highest BCUT2D eigenvalue weighted by Crippen LogP contribution is 1.96. The molecule has 0 saturated heterocycles. The number of hydrogen-bond donors (Lipinski definition) is 2. The lowest BCUT2D eigenvalue weighted by Gasteiger charge is -2.20. The van der Waals surface area contributed by atoms with Gasteiger partial charge in [-0.3, -0.25) is 4.79 Å². The lowest BCUT2D eigenvalue weighted by atomic mass is 10.1. The number of nitrogens with zero attached hydrogens (tertiary/aromatic N) is 1. The smallest absolute Gasteiger partial charge is 0.234 e. The Balaban J connectivity index is 3.40. The van der Waals surface area contributed by atoms with Crippen molar-refractivity contribution in [1.29, 1.82) is 0 Å². The summed E-state index contributed by atoms with van der Waals surface area (Å²) in [5, 5.41) is 6.03. The van der Waals surface area contributed by atoms with E-state index in [1.165, 1.54) is 0 Å². The van der Waals surface area contributed by atoms with Gasteiger partial charge in [-0.25, -0.2) is 0 Å². The topological polar surface area (TPSA) is 44.4 Å². The van der Waals surface area contributed by atoms with E-state index in [4.69, 9.17) is 0 Å². The SMILES string of the molecule is CN(C)CCCNCC(=O)NC(C)(C)C. The second kappa shape index (κ2) is 6.80. The normalized spacial score (nSPS) is 11.9. The van der Waals surface area contributed by atoms with Crippen LogP contribution in [0.2, 0.25) is 0 Å². The third-order valence-corrected chi connectivity index (χ3v) is 1.76. The molecule has 0 saturated carbocycles. The third-order valence-electron chi connectivity index (χ3n) is 1.76. The Morgan fingerprint density at radius 1 is 1.27 bits per heavy atom. The first-order valence-corrected chi connectivity index (χ1v) is 5.48. The number of amides is 1. The molecule has 15 heavy (non-hydrogen) atoms. The zero-order valence-corrected chi connectivity index (χ0v) is 10.7. The molecule has 0 atom stereocenters. The molecule has 0 aromatic heterocycles. The molecule has 0 bridgehead atoms. The summed E-state index contributed by atoms with van der Waals surface area (Å²) in [7, 11) is 4.10. The number of rotatable bonds is 6. The molecule has 0 heterocycles. The summed E-state index contributed by atoms with van der Waals surface area (Å²) in [5.41, 5.74) is -0.137. The van der Waals surface area contributed by atoms with Gasteiger partial charge in [0.15, 0.2) is 0 Å². The fourth-order valence-electron chi connectivity index (χ4n) is 1.18. The minimum absolute atomic E-state index is 0.0624. The van der Waals surface area contributed by atoms with Gasteiger partial charge in [0.2, 0.25) is 5.91 Å². The molecule has 4 nitrogen and oxygen atoms in total. The van der Waals surface area contributed by atoms with Gasteiger partial charge < -0.3 is 15.5 Å². The number of carbonyl (C=O) groups is 1. The van der Waals surface area contributed by atoms with E-state index in [1.807, 2.05) is 34.9 Å². The lowest BCUT2D eigenvalue weighted by Crippen LogP contribution is -2.45. The average molecular weight is 215 g/mol. The molecule has 0 aromatic rings. The monoisotopic (exact) mass is 215 g/mol. The van der Waals surface area contributed by atoms with Crippen molar-refractivity contribution < 1.29 is 4.79 Å². The van der Waals surface area contributed by atoms with Crippen molar-refractivity contribution >= 4 is 5.91 Å². The quantitative estimate of drug-likeness (QED) is 0.632. The van der Waals surface area contributed by atoms with E-state index in [9.17, 15) is 4.79 Å². The fourth-order valence-corrected chi connectivity index (χ4v) is 1.18. The average Bonchev–Trinajstić information content (AvgIpc) is 1.99. The molecule has 0 aliphatic rings. The summed E-state index contributed by atoms with van der Waals surface area (Å²) in [5.74, 6) is 0.0624. The fraction of sp³-hybridized carbons (Fsp3) is 0.909. The molecule has 0 rings (SSSR count). The molecule has 1 amide bonds. The van der Waals surface area contributed by atoms with E-state index in [2.05, 4.69) is 15.5 Å². The predicted octanol–water partition coefficient (Wildman–Crippen LogP) is 0.442. The van der Waals surface area contributed by atoms with Gasteiger partial charge in [-0.2, -0.15) is 0 Å². The van der Waals surface area contributed by atoms with Gasteiger partial charge in [-0.05, 0) is 54.4 Å². The Kier molecular flexibility index (Phi) is 6.52. The molecule has 0 spiro atoms. The Labute approximate surface area is 93.4 Å². The molecule has 0 aliphatic heterocycles. The van der Waals surface area contributed by atoms with Crippen molar-refractivity contribution in [2.75, 3.05) is 33.7 Å². The first kappa shape index (κ1) is 14.4. The van der Waals surface area contributed by atoms with Crippen molar-refractivity contribution in [2.24, 2.45) is 0 Å². The van der Waals surface area contributed by atoms with Crippen molar-refractivity contribution in [3.05, 3.63) is 0 Å². The van der Waals surface area contributed by atoms with Crippen molar-refractivity contribution in [1.82, 2.24) is 15.5 Å². The van der Waals surface area contributed by atoms with Crippen LogP contribution in [-0.4, -0.2) is 50.1 Å². The van der Waals surface area contributed by atoms with Gasteiger partial charge in [-0.15, -0.1) is 0 Å². The largest absolute Gasteiger partial charge is 0.350 e. The predicted molar refractivity (Wildman–Crippen MR) is 63.9 cm³/mol. The number of carbonyl (C=O) groups excluding carboxylic acids is 1. The highest BCUT2D eigenvalue weighted by molar-refractivity contribution is 5.78. The maximum atomic E-state index is 11.4. The van der Waals surface area contributed by atoms with Crippen LogP contribution in [0.4, 0.5) is 0 Å². The summed E-state index contributed by atoms with van der Waals surface area (Å²) in [6, 6.07) is 0. The van der Waals surface area contributed by atoms with Crippen LogP contribution in [0.1, 0.15) is 27.2 Å². The molecule has 0 radical (unpaired) electrons. The molecule has 0 unspecified atom stereocenters. The Morgan fingerprint density at radius 3 is 2.33 bits per heavy atom. The van der Waals surface area contributed by atoms with Crippen LogP contribution >= 0.6 is 0 Å². The molecular formula is C11H25N3O. The van der Waals surface area contributed by atoms with Crippen molar-refractivity contribution in [3.8, 4) is 0 Å². The summed E-state index contributed by atoms with van der Waals surface area (Å²) >= 11 is 0. The van der Waals surface area contributed by atoms with E-state index < -0.39 is 0 Å². The highest BCUT2D eigenvalue weighted by Gasteiger charge is 2.12. The Hall–Kier alpha value is -0.610. The highest BCUT2D eigenvalue weighted by atomic mass is 16.2. The van der Waals surface area contributed by atoms with Gasteiger partial charge in [0, 0.05) is 5.54 Å². The molecule has 0 aliphatic carbocycles. The van der Waals surface area contributed by atoms with Crippen LogP contribution in [0.5, 0.6) is 0 Å². The van der Waals surface area contributed by atoms with Crippen LogP contribution in [0, 0.1) is 0 Å².